The number of carbonyl (C=O) groups is 2. The summed E-state index contributed by atoms with van der Waals surface area (Å²) in [4.78, 5) is 23.4. The van der Waals surface area contributed by atoms with Crippen LogP contribution in [-0.2, 0) is 24.3 Å². The number of hydrogen-bond acceptors (Lipinski definition) is 5. The molecule has 0 bridgehead atoms. The first-order chi connectivity index (χ1) is 13.8. The Hall–Kier alpha value is -1.97. The lowest BCUT2D eigenvalue weighted by Crippen LogP contribution is -2.40. The minimum Gasteiger partial charge on any atom is -0.376 e. The molecule has 0 radical (unpaired) electrons. The maximum atomic E-state index is 12.8. The second-order valence-electron chi connectivity index (χ2n) is 7.70. The van der Waals surface area contributed by atoms with Crippen molar-refractivity contribution in [2.45, 2.75) is 50.0 Å². The maximum Gasteiger partial charge on any atom is 0.243 e. The predicted octanol–water partition coefficient (Wildman–Crippen LogP) is 1.73. The van der Waals surface area contributed by atoms with E-state index in [4.69, 9.17) is 4.74 Å². The normalized spacial score (nSPS) is 21.1. The zero-order valence-electron chi connectivity index (χ0n) is 16.7. The lowest BCUT2D eigenvalue weighted by Gasteiger charge is -2.31. The van der Waals surface area contributed by atoms with Gasteiger partial charge in [-0.05, 0) is 55.9 Å². The van der Waals surface area contributed by atoms with Crippen molar-refractivity contribution in [3.63, 3.8) is 0 Å². The van der Waals surface area contributed by atoms with E-state index in [2.05, 4.69) is 10.6 Å². The third kappa shape index (κ3) is 6.01. The van der Waals surface area contributed by atoms with Crippen LogP contribution in [0.15, 0.2) is 29.2 Å². The number of amides is 2. The summed E-state index contributed by atoms with van der Waals surface area (Å²) in [6.07, 6.45) is 3.91. The Kier molecular flexibility index (Phi) is 7.26. The molecule has 1 atom stereocenters. The molecule has 2 amide bonds. The number of anilines is 1. The van der Waals surface area contributed by atoms with Gasteiger partial charge in [0.25, 0.3) is 0 Å². The van der Waals surface area contributed by atoms with Gasteiger partial charge in [-0.3, -0.25) is 9.59 Å². The molecule has 2 saturated heterocycles. The van der Waals surface area contributed by atoms with Gasteiger partial charge >= 0.3 is 0 Å². The molecule has 0 saturated carbocycles. The van der Waals surface area contributed by atoms with Gasteiger partial charge in [0.05, 0.1) is 11.0 Å². The van der Waals surface area contributed by atoms with Crippen LogP contribution in [-0.4, -0.2) is 56.9 Å². The number of ether oxygens (including phenoxy) is 1. The van der Waals surface area contributed by atoms with Crippen LogP contribution < -0.4 is 10.6 Å². The molecule has 29 heavy (non-hydrogen) atoms. The Labute approximate surface area is 172 Å². The van der Waals surface area contributed by atoms with Crippen LogP contribution in [0.1, 0.15) is 39.0 Å². The Morgan fingerprint density at radius 3 is 2.41 bits per heavy atom. The molecule has 2 heterocycles. The summed E-state index contributed by atoms with van der Waals surface area (Å²) in [5, 5.41) is 5.55. The van der Waals surface area contributed by atoms with Crippen LogP contribution in [0, 0.1) is 5.92 Å². The largest absolute Gasteiger partial charge is 0.376 e. The molecule has 0 unspecified atom stereocenters. The van der Waals surface area contributed by atoms with Gasteiger partial charge < -0.3 is 15.4 Å². The molecule has 0 spiro atoms. The molecular weight excluding hydrogens is 394 g/mol. The van der Waals surface area contributed by atoms with E-state index in [0.717, 1.165) is 19.4 Å². The molecule has 2 fully saturated rings. The highest BCUT2D eigenvalue weighted by Gasteiger charge is 2.30. The minimum atomic E-state index is -3.58. The molecule has 0 aromatic heterocycles. The van der Waals surface area contributed by atoms with E-state index in [1.54, 1.807) is 12.1 Å². The van der Waals surface area contributed by atoms with E-state index in [9.17, 15) is 18.0 Å². The van der Waals surface area contributed by atoms with Crippen LogP contribution in [0.2, 0.25) is 0 Å². The summed E-state index contributed by atoms with van der Waals surface area (Å²) in [6.45, 7) is 3.53. The Bertz CT molecular complexity index is 811. The van der Waals surface area contributed by atoms with E-state index in [1.807, 2.05) is 0 Å². The molecule has 2 aliphatic heterocycles. The van der Waals surface area contributed by atoms with Crippen LogP contribution >= 0.6 is 0 Å². The second-order valence-corrected chi connectivity index (χ2v) is 9.63. The first kappa shape index (κ1) is 21.7. The Balaban J connectivity index is 1.47. The Morgan fingerprint density at radius 1 is 1.14 bits per heavy atom. The van der Waals surface area contributed by atoms with Crippen LogP contribution in [0.5, 0.6) is 0 Å². The number of sulfonamides is 1. The monoisotopic (exact) mass is 423 g/mol. The van der Waals surface area contributed by atoms with Gasteiger partial charge in [-0.25, -0.2) is 8.42 Å². The van der Waals surface area contributed by atoms with Gasteiger partial charge in [-0.2, -0.15) is 4.31 Å². The minimum absolute atomic E-state index is 0.00960. The van der Waals surface area contributed by atoms with E-state index >= 15 is 0 Å². The van der Waals surface area contributed by atoms with Crippen molar-refractivity contribution in [1.82, 2.24) is 9.62 Å². The van der Waals surface area contributed by atoms with Crippen molar-refractivity contribution >= 4 is 27.5 Å². The van der Waals surface area contributed by atoms with E-state index in [-0.39, 0.29) is 28.7 Å². The van der Waals surface area contributed by atoms with Crippen molar-refractivity contribution < 1.29 is 22.7 Å². The smallest absolute Gasteiger partial charge is 0.243 e. The molecule has 2 aliphatic rings. The summed E-state index contributed by atoms with van der Waals surface area (Å²) in [7, 11) is -3.58. The zero-order chi connectivity index (χ0) is 20.9. The third-order valence-electron chi connectivity index (χ3n) is 5.41. The van der Waals surface area contributed by atoms with Gasteiger partial charge in [0, 0.05) is 45.3 Å². The van der Waals surface area contributed by atoms with Crippen molar-refractivity contribution in [2.24, 2.45) is 5.92 Å². The molecule has 9 heteroatoms. The maximum absolute atomic E-state index is 12.8. The first-order valence-electron chi connectivity index (χ1n) is 10.1. The molecule has 1 aromatic rings. The average Bonchev–Trinajstić information content (AvgIpc) is 3.20. The van der Waals surface area contributed by atoms with Gasteiger partial charge in [-0.1, -0.05) is 0 Å². The first-order valence-corrected chi connectivity index (χ1v) is 11.5. The summed E-state index contributed by atoms with van der Waals surface area (Å²) >= 11 is 0. The highest BCUT2D eigenvalue weighted by Crippen LogP contribution is 2.26. The number of piperidine rings is 1. The molecular formula is C20H29N3O5S. The van der Waals surface area contributed by atoms with Crippen LogP contribution in [0.3, 0.4) is 0 Å². The summed E-state index contributed by atoms with van der Waals surface area (Å²) < 4.78 is 32.7. The highest BCUT2D eigenvalue weighted by atomic mass is 32.2. The standard InChI is InChI=1S/C20H29N3O5S/c1-15(24)22-17-4-6-19(7-5-17)29(26,27)23-10-8-16(9-11-23)13-20(25)21-14-18-3-2-12-28-18/h4-7,16,18H,2-3,8-14H2,1H3,(H,21,25)(H,22,24)/t18-/m1/s1. The third-order valence-corrected chi connectivity index (χ3v) is 7.32. The fraction of sp³-hybridized carbons (Fsp3) is 0.600. The van der Waals surface area contributed by atoms with Crippen molar-refractivity contribution in [2.75, 3.05) is 31.6 Å². The van der Waals surface area contributed by atoms with Gasteiger partial charge in [0.1, 0.15) is 0 Å². The average molecular weight is 424 g/mol. The number of rotatable bonds is 7. The van der Waals surface area contributed by atoms with Crippen LogP contribution in [0.25, 0.3) is 0 Å². The number of hydrogen-bond donors (Lipinski definition) is 2. The van der Waals surface area contributed by atoms with Gasteiger partial charge in [0.15, 0.2) is 0 Å². The van der Waals surface area contributed by atoms with E-state index < -0.39 is 10.0 Å². The van der Waals surface area contributed by atoms with E-state index in [1.165, 1.54) is 23.4 Å². The van der Waals surface area contributed by atoms with Crippen LogP contribution in [0.4, 0.5) is 5.69 Å². The highest BCUT2D eigenvalue weighted by molar-refractivity contribution is 7.89. The molecule has 0 aliphatic carbocycles. The molecule has 3 rings (SSSR count). The molecule has 2 N–H and O–H groups in total. The number of nitrogens with zero attached hydrogens (tertiary/aromatic N) is 1. The number of benzene rings is 1. The van der Waals surface area contributed by atoms with Gasteiger partial charge in [0.2, 0.25) is 21.8 Å². The van der Waals surface area contributed by atoms with Crippen molar-refractivity contribution in [3.05, 3.63) is 24.3 Å². The zero-order valence-corrected chi connectivity index (χ0v) is 17.5. The van der Waals surface area contributed by atoms with Crippen molar-refractivity contribution in [3.8, 4) is 0 Å². The van der Waals surface area contributed by atoms with Gasteiger partial charge in [-0.15, -0.1) is 0 Å². The summed E-state index contributed by atoms with van der Waals surface area (Å²) in [5.74, 6) is -0.00839. The summed E-state index contributed by atoms with van der Waals surface area (Å²) in [6, 6.07) is 6.18. The topological polar surface area (TPSA) is 105 Å². The second kappa shape index (κ2) is 9.69. The quantitative estimate of drug-likeness (QED) is 0.695. The van der Waals surface area contributed by atoms with E-state index in [0.29, 0.717) is 44.6 Å². The lowest BCUT2D eigenvalue weighted by molar-refractivity contribution is -0.122. The van der Waals surface area contributed by atoms with Crippen molar-refractivity contribution in [1.29, 1.82) is 0 Å². The Morgan fingerprint density at radius 2 is 1.83 bits per heavy atom. The fourth-order valence-electron chi connectivity index (χ4n) is 3.78. The summed E-state index contributed by atoms with van der Waals surface area (Å²) in [5.41, 5.74) is 0.559. The number of carbonyl (C=O) groups excluding carboxylic acids is 2. The lowest BCUT2D eigenvalue weighted by atomic mass is 9.94. The fourth-order valence-corrected chi connectivity index (χ4v) is 5.25. The SMILES string of the molecule is CC(=O)Nc1ccc(S(=O)(=O)N2CCC(CC(=O)NC[C@H]3CCCO3)CC2)cc1. The predicted molar refractivity (Wildman–Crippen MR) is 109 cm³/mol. The molecule has 160 valence electrons. The molecule has 1 aromatic carbocycles. The molecule has 8 nitrogen and oxygen atoms in total. The number of nitrogens with one attached hydrogen (secondary N) is 2.